The number of esters is 1. The molecule has 0 aromatic heterocycles. The standard InChI is InChI=1S/C13H11FO3/c1-16-12-6-5-11(14)9-4-3-8(7-10(9)12)13(15)17-2/h3-7H,1-2H3. The van der Waals surface area contributed by atoms with Crippen molar-refractivity contribution in [1.29, 1.82) is 0 Å². The first-order valence-electron chi connectivity index (χ1n) is 5.02. The highest BCUT2D eigenvalue weighted by Crippen LogP contribution is 2.28. The zero-order chi connectivity index (χ0) is 12.4. The van der Waals surface area contributed by atoms with E-state index >= 15 is 0 Å². The maximum atomic E-state index is 13.5. The Hall–Kier alpha value is -2.10. The van der Waals surface area contributed by atoms with Crippen molar-refractivity contribution in [3.63, 3.8) is 0 Å². The van der Waals surface area contributed by atoms with Crippen LogP contribution >= 0.6 is 0 Å². The van der Waals surface area contributed by atoms with E-state index in [-0.39, 0.29) is 5.82 Å². The molecule has 0 N–H and O–H groups in total. The summed E-state index contributed by atoms with van der Waals surface area (Å²) in [4.78, 5) is 11.4. The van der Waals surface area contributed by atoms with Crippen LogP contribution in [0.2, 0.25) is 0 Å². The summed E-state index contributed by atoms with van der Waals surface area (Å²) < 4.78 is 23.3. The average molecular weight is 234 g/mol. The number of rotatable bonds is 2. The first-order valence-corrected chi connectivity index (χ1v) is 5.02. The van der Waals surface area contributed by atoms with Crippen LogP contribution in [-0.4, -0.2) is 20.2 Å². The number of carbonyl (C=O) groups excluding carboxylic acids is 1. The molecule has 3 nitrogen and oxygen atoms in total. The van der Waals surface area contributed by atoms with E-state index in [0.717, 1.165) is 0 Å². The van der Waals surface area contributed by atoms with Gasteiger partial charge in [0.15, 0.2) is 0 Å². The van der Waals surface area contributed by atoms with E-state index in [2.05, 4.69) is 4.74 Å². The zero-order valence-corrected chi connectivity index (χ0v) is 9.49. The summed E-state index contributed by atoms with van der Waals surface area (Å²) in [5, 5.41) is 0.965. The predicted molar refractivity (Wildman–Crippen MR) is 61.8 cm³/mol. The van der Waals surface area contributed by atoms with Crippen LogP contribution in [0.5, 0.6) is 5.75 Å². The van der Waals surface area contributed by atoms with Crippen molar-refractivity contribution >= 4 is 16.7 Å². The Labute approximate surface area is 97.8 Å². The Bertz CT molecular complexity index is 578. The topological polar surface area (TPSA) is 35.5 Å². The molecule has 4 heteroatoms. The first-order chi connectivity index (χ1) is 8.17. The molecule has 0 bridgehead atoms. The van der Waals surface area contributed by atoms with Crippen molar-refractivity contribution in [3.8, 4) is 5.75 Å². The third-order valence-electron chi connectivity index (χ3n) is 2.56. The van der Waals surface area contributed by atoms with Crippen molar-refractivity contribution in [2.45, 2.75) is 0 Å². The zero-order valence-electron chi connectivity index (χ0n) is 9.49. The van der Waals surface area contributed by atoms with E-state index in [0.29, 0.717) is 22.1 Å². The summed E-state index contributed by atoms with van der Waals surface area (Å²) in [5.74, 6) is -0.289. The normalized spacial score (nSPS) is 10.3. The SMILES string of the molecule is COC(=O)c1ccc2c(F)ccc(OC)c2c1. The van der Waals surface area contributed by atoms with Gasteiger partial charge in [0, 0.05) is 10.8 Å². The van der Waals surface area contributed by atoms with Gasteiger partial charge in [-0.05, 0) is 24.3 Å². The highest BCUT2D eigenvalue weighted by molar-refractivity contribution is 5.97. The summed E-state index contributed by atoms with van der Waals surface area (Å²) in [7, 11) is 2.80. The third kappa shape index (κ3) is 1.93. The third-order valence-corrected chi connectivity index (χ3v) is 2.56. The van der Waals surface area contributed by atoms with Gasteiger partial charge in [0.25, 0.3) is 0 Å². The smallest absolute Gasteiger partial charge is 0.337 e. The van der Waals surface area contributed by atoms with Crippen LogP contribution in [0.1, 0.15) is 10.4 Å². The van der Waals surface area contributed by atoms with Crippen LogP contribution in [0.3, 0.4) is 0 Å². The second kappa shape index (κ2) is 4.41. The quantitative estimate of drug-likeness (QED) is 0.749. The highest BCUT2D eigenvalue weighted by Gasteiger charge is 2.11. The van der Waals surface area contributed by atoms with Crippen molar-refractivity contribution in [3.05, 3.63) is 41.7 Å². The molecule has 0 aliphatic heterocycles. The molecule has 0 unspecified atom stereocenters. The number of carbonyl (C=O) groups is 1. The van der Waals surface area contributed by atoms with Gasteiger partial charge in [-0.2, -0.15) is 0 Å². The van der Waals surface area contributed by atoms with E-state index in [1.165, 1.54) is 32.4 Å². The highest BCUT2D eigenvalue weighted by atomic mass is 19.1. The van der Waals surface area contributed by atoms with Crippen LogP contribution in [-0.2, 0) is 4.74 Å². The van der Waals surface area contributed by atoms with Crippen molar-refractivity contribution in [1.82, 2.24) is 0 Å². The van der Waals surface area contributed by atoms with E-state index in [4.69, 9.17) is 4.74 Å². The molecule has 0 fully saturated rings. The summed E-state index contributed by atoms with van der Waals surface area (Å²) >= 11 is 0. The lowest BCUT2D eigenvalue weighted by atomic mass is 10.1. The van der Waals surface area contributed by atoms with Gasteiger partial charge in [-0.25, -0.2) is 9.18 Å². The van der Waals surface area contributed by atoms with Crippen LogP contribution in [0.25, 0.3) is 10.8 Å². The molecule has 0 spiro atoms. The molecule has 2 aromatic rings. The molecule has 0 heterocycles. The molecule has 0 amide bonds. The largest absolute Gasteiger partial charge is 0.496 e. The molecular formula is C13H11FO3. The lowest BCUT2D eigenvalue weighted by Crippen LogP contribution is -2.01. The lowest BCUT2D eigenvalue weighted by Gasteiger charge is -2.07. The van der Waals surface area contributed by atoms with E-state index in [1.807, 2.05) is 0 Å². The van der Waals surface area contributed by atoms with Crippen LogP contribution in [0.15, 0.2) is 30.3 Å². The van der Waals surface area contributed by atoms with E-state index in [1.54, 1.807) is 12.1 Å². The fraction of sp³-hybridized carbons (Fsp3) is 0.154. The Kier molecular flexibility index (Phi) is 2.95. The number of methoxy groups -OCH3 is 2. The number of fused-ring (bicyclic) bond motifs is 1. The second-order valence-corrected chi connectivity index (χ2v) is 3.50. The molecule has 0 saturated carbocycles. The van der Waals surface area contributed by atoms with Crippen molar-refractivity contribution in [2.24, 2.45) is 0 Å². The van der Waals surface area contributed by atoms with Gasteiger partial charge in [0.1, 0.15) is 11.6 Å². The number of hydrogen-bond acceptors (Lipinski definition) is 3. The summed E-state index contributed by atoms with van der Waals surface area (Å²) in [6.07, 6.45) is 0. The molecule has 0 aliphatic rings. The van der Waals surface area contributed by atoms with Gasteiger partial charge in [-0.15, -0.1) is 0 Å². The maximum Gasteiger partial charge on any atom is 0.337 e. The molecule has 0 saturated heterocycles. The second-order valence-electron chi connectivity index (χ2n) is 3.50. The minimum absolute atomic E-state index is 0.350. The van der Waals surface area contributed by atoms with Crippen molar-refractivity contribution in [2.75, 3.05) is 14.2 Å². The summed E-state index contributed by atoms with van der Waals surface area (Å²) in [5.41, 5.74) is 0.365. The molecule has 17 heavy (non-hydrogen) atoms. The number of benzene rings is 2. The van der Waals surface area contributed by atoms with E-state index < -0.39 is 5.97 Å². The molecular weight excluding hydrogens is 223 g/mol. The van der Waals surface area contributed by atoms with Gasteiger partial charge < -0.3 is 9.47 Å². The molecule has 2 aromatic carbocycles. The molecule has 88 valence electrons. The molecule has 2 rings (SSSR count). The van der Waals surface area contributed by atoms with Crippen LogP contribution in [0.4, 0.5) is 4.39 Å². The minimum Gasteiger partial charge on any atom is -0.496 e. The maximum absolute atomic E-state index is 13.5. The lowest BCUT2D eigenvalue weighted by molar-refractivity contribution is 0.0601. The Morgan fingerprint density at radius 3 is 2.53 bits per heavy atom. The molecule has 0 atom stereocenters. The summed E-state index contributed by atoms with van der Waals surface area (Å²) in [6, 6.07) is 7.48. The number of ether oxygens (including phenoxy) is 2. The van der Waals surface area contributed by atoms with Gasteiger partial charge in [-0.1, -0.05) is 6.07 Å². The Balaban J connectivity index is 2.70. The number of hydrogen-bond donors (Lipinski definition) is 0. The predicted octanol–water partition coefficient (Wildman–Crippen LogP) is 2.77. The minimum atomic E-state index is -0.460. The fourth-order valence-corrected chi connectivity index (χ4v) is 1.71. The van der Waals surface area contributed by atoms with Crippen LogP contribution in [0, 0.1) is 5.82 Å². The van der Waals surface area contributed by atoms with Crippen molar-refractivity contribution < 1.29 is 18.7 Å². The monoisotopic (exact) mass is 234 g/mol. The Morgan fingerprint density at radius 1 is 1.12 bits per heavy atom. The number of halogens is 1. The average Bonchev–Trinajstić information content (AvgIpc) is 2.38. The Morgan fingerprint density at radius 2 is 1.88 bits per heavy atom. The van der Waals surface area contributed by atoms with Crippen LogP contribution < -0.4 is 4.74 Å². The molecule has 0 radical (unpaired) electrons. The van der Waals surface area contributed by atoms with Gasteiger partial charge in [0.05, 0.1) is 19.8 Å². The van der Waals surface area contributed by atoms with Gasteiger partial charge in [-0.3, -0.25) is 0 Å². The summed E-state index contributed by atoms with van der Waals surface area (Å²) in [6.45, 7) is 0. The van der Waals surface area contributed by atoms with Gasteiger partial charge in [0.2, 0.25) is 0 Å². The molecule has 0 aliphatic carbocycles. The van der Waals surface area contributed by atoms with Gasteiger partial charge >= 0.3 is 5.97 Å². The fourth-order valence-electron chi connectivity index (χ4n) is 1.71. The van der Waals surface area contributed by atoms with E-state index in [9.17, 15) is 9.18 Å². The first kappa shape index (κ1) is 11.4.